The topological polar surface area (TPSA) is 42.0 Å². The molecule has 0 aliphatic rings. The van der Waals surface area contributed by atoms with Crippen molar-refractivity contribution in [3.05, 3.63) is 29.6 Å². The van der Waals surface area contributed by atoms with Crippen molar-refractivity contribution < 1.29 is 4.79 Å². The minimum atomic E-state index is -0.569. The Hall–Kier alpha value is -1.38. The molecule has 0 aromatic carbocycles. The highest BCUT2D eigenvalue weighted by Gasteiger charge is 2.30. The van der Waals surface area contributed by atoms with E-state index in [1.54, 1.807) is 13.2 Å². The molecule has 1 heterocycles. The summed E-state index contributed by atoms with van der Waals surface area (Å²) in [4.78, 5) is 15.8. The van der Waals surface area contributed by atoms with E-state index in [4.69, 9.17) is 0 Å². The highest BCUT2D eigenvalue weighted by molar-refractivity contribution is 5.86. The molecule has 1 rings (SSSR count). The van der Waals surface area contributed by atoms with Gasteiger partial charge in [-0.2, -0.15) is 0 Å². The van der Waals surface area contributed by atoms with E-state index in [0.29, 0.717) is 0 Å². The molecule has 1 aromatic rings. The molecule has 3 heteroatoms. The molecule has 0 spiro atoms. The number of pyridine rings is 1. The van der Waals surface area contributed by atoms with Crippen LogP contribution in [0.4, 0.5) is 0 Å². The first-order valence-electron chi connectivity index (χ1n) is 5.64. The zero-order chi connectivity index (χ0) is 12.8. The lowest BCUT2D eigenvalue weighted by Gasteiger charge is -2.21. The Balaban J connectivity index is 0.00000106. The summed E-state index contributed by atoms with van der Waals surface area (Å²) in [5.74, 6) is -0.0180. The van der Waals surface area contributed by atoms with Crippen molar-refractivity contribution in [2.45, 2.75) is 40.0 Å². The number of amides is 1. The van der Waals surface area contributed by atoms with Crippen LogP contribution in [0.15, 0.2) is 18.3 Å². The molecule has 0 bridgehead atoms. The number of likely N-dealkylation sites (N-methyl/N-ethyl adjacent to an activating group) is 1. The minimum absolute atomic E-state index is 0.0180. The third-order valence-corrected chi connectivity index (χ3v) is 2.35. The summed E-state index contributed by atoms with van der Waals surface area (Å²) in [6, 6.07) is 3.86. The van der Waals surface area contributed by atoms with Crippen molar-refractivity contribution >= 4 is 5.91 Å². The van der Waals surface area contributed by atoms with Crippen molar-refractivity contribution in [2.24, 2.45) is 0 Å². The summed E-state index contributed by atoms with van der Waals surface area (Å²) in [5, 5.41) is 2.64. The molecule has 0 unspecified atom stereocenters. The lowest BCUT2D eigenvalue weighted by molar-refractivity contribution is -0.125. The van der Waals surface area contributed by atoms with Gasteiger partial charge >= 0.3 is 0 Å². The highest BCUT2D eigenvalue weighted by Crippen LogP contribution is 2.21. The van der Waals surface area contributed by atoms with Crippen LogP contribution in [0.5, 0.6) is 0 Å². The number of carbonyl (C=O) groups is 1. The number of hydrogen-bond donors (Lipinski definition) is 1. The molecule has 90 valence electrons. The standard InChI is InChI=1S/C11H16N2O.C2H6/c1-8-5-6-13-9(7-8)11(2,3)10(14)12-4;1-2/h5-7H,1-4H3,(H,12,14);1-2H3. The van der Waals surface area contributed by atoms with E-state index in [1.807, 2.05) is 46.8 Å². The minimum Gasteiger partial charge on any atom is -0.358 e. The lowest BCUT2D eigenvalue weighted by Crippen LogP contribution is -2.38. The number of aryl methyl sites for hydroxylation is 1. The molecule has 16 heavy (non-hydrogen) atoms. The lowest BCUT2D eigenvalue weighted by atomic mass is 9.87. The monoisotopic (exact) mass is 222 g/mol. The summed E-state index contributed by atoms with van der Waals surface area (Å²) >= 11 is 0. The van der Waals surface area contributed by atoms with Crippen LogP contribution in [-0.4, -0.2) is 17.9 Å². The molecule has 0 aliphatic carbocycles. The molecule has 1 amide bonds. The second-order valence-electron chi connectivity index (χ2n) is 3.92. The first kappa shape index (κ1) is 14.6. The number of nitrogens with one attached hydrogen (secondary N) is 1. The summed E-state index contributed by atoms with van der Waals surface area (Å²) in [6.07, 6.45) is 1.73. The third kappa shape index (κ3) is 3.33. The average molecular weight is 222 g/mol. The second-order valence-corrected chi connectivity index (χ2v) is 3.92. The Kier molecular flexibility index (Phi) is 5.72. The number of rotatable bonds is 2. The SMILES string of the molecule is CC.CNC(=O)C(C)(C)c1cc(C)ccn1. The Morgan fingerprint density at radius 3 is 2.38 bits per heavy atom. The van der Waals surface area contributed by atoms with Crippen LogP contribution in [0.25, 0.3) is 0 Å². The van der Waals surface area contributed by atoms with E-state index in [-0.39, 0.29) is 5.91 Å². The highest BCUT2D eigenvalue weighted by atomic mass is 16.2. The molecule has 1 aromatic heterocycles. The van der Waals surface area contributed by atoms with E-state index < -0.39 is 5.41 Å². The van der Waals surface area contributed by atoms with Crippen LogP contribution in [0.3, 0.4) is 0 Å². The Morgan fingerprint density at radius 2 is 1.94 bits per heavy atom. The van der Waals surface area contributed by atoms with Crippen molar-refractivity contribution in [3.63, 3.8) is 0 Å². The summed E-state index contributed by atoms with van der Waals surface area (Å²) in [6.45, 7) is 9.73. The fourth-order valence-electron chi connectivity index (χ4n) is 1.31. The van der Waals surface area contributed by atoms with Gasteiger partial charge in [-0.1, -0.05) is 13.8 Å². The van der Waals surface area contributed by atoms with Gasteiger partial charge in [0.2, 0.25) is 5.91 Å². The Morgan fingerprint density at radius 1 is 1.38 bits per heavy atom. The van der Waals surface area contributed by atoms with E-state index >= 15 is 0 Å². The molecular formula is C13H22N2O. The molecule has 0 saturated heterocycles. The zero-order valence-corrected chi connectivity index (χ0v) is 11.1. The maximum absolute atomic E-state index is 11.6. The molecule has 3 nitrogen and oxygen atoms in total. The fourth-order valence-corrected chi connectivity index (χ4v) is 1.31. The van der Waals surface area contributed by atoms with Crippen molar-refractivity contribution in [3.8, 4) is 0 Å². The van der Waals surface area contributed by atoms with Gasteiger partial charge in [-0.25, -0.2) is 0 Å². The molecule has 0 saturated carbocycles. The summed E-state index contributed by atoms with van der Waals surface area (Å²) < 4.78 is 0. The van der Waals surface area contributed by atoms with Gasteiger partial charge in [0.15, 0.2) is 0 Å². The quantitative estimate of drug-likeness (QED) is 0.835. The second kappa shape index (κ2) is 6.26. The van der Waals surface area contributed by atoms with Crippen molar-refractivity contribution in [1.29, 1.82) is 0 Å². The van der Waals surface area contributed by atoms with Crippen LogP contribution < -0.4 is 5.32 Å². The summed E-state index contributed by atoms with van der Waals surface area (Å²) in [5.41, 5.74) is 1.35. The number of aromatic nitrogens is 1. The largest absolute Gasteiger partial charge is 0.358 e. The van der Waals surface area contributed by atoms with Gasteiger partial charge in [-0.15, -0.1) is 0 Å². The van der Waals surface area contributed by atoms with Crippen LogP contribution in [0.1, 0.15) is 39.0 Å². The van der Waals surface area contributed by atoms with E-state index in [9.17, 15) is 4.79 Å². The average Bonchev–Trinajstić information content (AvgIpc) is 2.30. The predicted molar refractivity (Wildman–Crippen MR) is 67.4 cm³/mol. The van der Waals surface area contributed by atoms with Crippen molar-refractivity contribution in [2.75, 3.05) is 7.05 Å². The molecule has 0 atom stereocenters. The van der Waals surface area contributed by atoms with Gasteiger partial charge in [0.25, 0.3) is 0 Å². The number of hydrogen-bond acceptors (Lipinski definition) is 2. The molecule has 0 radical (unpaired) electrons. The predicted octanol–water partition coefficient (Wildman–Crippen LogP) is 2.44. The number of carbonyl (C=O) groups excluding carboxylic acids is 1. The van der Waals surface area contributed by atoms with Gasteiger partial charge in [0.1, 0.15) is 0 Å². The van der Waals surface area contributed by atoms with Gasteiger partial charge in [-0.3, -0.25) is 9.78 Å². The fraction of sp³-hybridized carbons (Fsp3) is 0.538. The van der Waals surface area contributed by atoms with E-state index in [2.05, 4.69) is 10.3 Å². The van der Waals surface area contributed by atoms with Crippen LogP contribution >= 0.6 is 0 Å². The van der Waals surface area contributed by atoms with Crippen molar-refractivity contribution in [1.82, 2.24) is 10.3 Å². The van der Waals surface area contributed by atoms with Crippen LogP contribution in [-0.2, 0) is 10.2 Å². The van der Waals surface area contributed by atoms with Crippen LogP contribution in [0, 0.1) is 6.92 Å². The van der Waals surface area contributed by atoms with Gasteiger partial charge in [0, 0.05) is 13.2 Å². The maximum atomic E-state index is 11.6. The zero-order valence-electron chi connectivity index (χ0n) is 11.1. The van der Waals surface area contributed by atoms with Gasteiger partial charge < -0.3 is 5.32 Å². The first-order valence-corrected chi connectivity index (χ1v) is 5.64. The van der Waals surface area contributed by atoms with Gasteiger partial charge in [-0.05, 0) is 38.5 Å². The molecule has 1 N–H and O–H groups in total. The van der Waals surface area contributed by atoms with E-state index in [0.717, 1.165) is 11.3 Å². The molecule has 0 fully saturated rings. The Bertz CT molecular complexity index is 346. The third-order valence-electron chi connectivity index (χ3n) is 2.35. The Labute approximate surface area is 98.3 Å². The van der Waals surface area contributed by atoms with Crippen LogP contribution in [0.2, 0.25) is 0 Å². The maximum Gasteiger partial charge on any atom is 0.231 e. The summed E-state index contributed by atoms with van der Waals surface area (Å²) in [7, 11) is 1.64. The first-order chi connectivity index (χ1) is 7.48. The van der Waals surface area contributed by atoms with Gasteiger partial charge in [0.05, 0.1) is 11.1 Å². The number of nitrogens with zero attached hydrogens (tertiary/aromatic N) is 1. The molecule has 0 aliphatic heterocycles. The van der Waals surface area contributed by atoms with E-state index in [1.165, 1.54) is 0 Å². The smallest absolute Gasteiger partial charge is 0.231 e. The molecular weight excluding hydrogens is 200 g/mol. The normalized spacial score (nSPS) is 10.1.